The van der Waals surface area contributed by atoms with Crippen LogP contribution in [0.5, 0.6) is 0 Å². The van der Waals surface area contributed by atoms with Crippen molar-refractivity contribution in [3.8, 4) is 0 Å². The van der Waals surface area contributed by atoms with Crippen LogP contribution >= 0.6 is 0 Å². The second-order valence-electron chi connectivity index (χ2n) is 10.4. The van der Waals surface area contributed by atoms with Crippen LogP contribution in [0.25, 0.3) is 97.0 Å². The number of hydrogen-bond donors (Lipinski definition) is 0. The van der Waals surface area contributed by atoms with Crippen molar-refractivity contribution in [3.05, 3.63) is 109 Å². The minimum atomic E-state index is 1.33. The summed E-state index contributed by atoms with van der Waals surface area (Å²) in [5, 5.41) is 24.7. The van der Waals surface area contributed by atoms with E-state index in [-0.39, 0.29) is 0 Å². The van der Waals surface area contributed by atoms with Crippen LogP contribution in [0.15, 0.2) is 109 Å². The lowest BCUT2D eigenvalue weighted by atomic mass is 9.88. The van der Waals surface area contributed by atoms with Crippen LogP contribution in [0.3, 0.4) is 0 Å². The predicted octanol–water partition coefficient (Wildman–Crippen LogP) is 10.4. The maximum atomic E-state index is 2.48. The average molecular weight is 451 g/mol. The van der Waals surface area contributed by atoms with Gasteiger partial charge in [-0.05, 0) is 109 Å². The molecule has 0 aromatic heterocycles. The highest BCUT2D eigenvalue weighted by Crippen LogP contribution is 2.51. The highest BCUT2D eigenvalue weighted by molar-refractivity contribution is 6.48. The van der Waals surface area contributed by atoms with Gasteiger partial charge in [-0.2, -0.15) is 0 Å². The second kappa shape index (κ2) is 5.75. The monoisotopic (exact) mass is 450 g/mol. The van der Waals surface area contributed by atoms with E-state index in [4.69, 9.17) is 0 Å². The highest BCUT2D eigenvalue weighted by atomic mass is 14.2. The van der Waals surface area contributed by atoms with Crippen LogP contribution in [-0.4, -0.2) is 0 Å². The summed E-state index contributed by atoms with van der Waals surface area (Å²) >= 11 is 0. The van der Waals surface area contributed by atoms with Crippen LogP contribution in [0, 0.1) is 0 Å². The molecule has 0 heteroatoms. The molecule has 0 aliphatic heterocycles. The van der Waals surface area contributed by atoms with Gasteiger partial charge in [0.05, 0.1) is 0 Å². The number of fused-ring (bicyclic) bond motifs is 9. The van der Waals surface area contributed by atoms with Gasteiger partial charge in [0, 0.05) is 0 Å². The zero-order valence-corrected chi connectivity index (χ0v) is 19.4. The first-order valence-corrected chi connectivity index (χ1v) is 12.7. The second-order valence-corrected chi connectivity index (χ2v) is 10.4. The molecule has 0 aliphatic rings. The summed E-state index contributed by atoms with van der Waals surface area (Å²) in [6.07, 6.45) is 0. The molecule has 0 radical (unpaired) electrons. The van der Waals surface area contributed by atoms with E-state index in [1.165, 1.54) is 97.0 Å². The van der Waals surface area contributed by atoms with E-state index >= 15 is 0 Å². The summed E-state index contributed by atoms with van der Waals surface area (Å²) < 4.78 is 0. The Labute approximate surface area is 206 Å². The van der Waals surface area contributed by atoms with Gasteiger partial charge in [0.15, 0.2) is 0 Å². The van der Waals surface area contributed by atoms with Gasteiger partial charge >= 0.3 is 0 Å². The molecule has 0 atom stereocenters. The first-order valence-electron chi connectivity index (χ1n) is 12.7. The highest BCUT2D eigenvalue weighted by Gasteiger charge is 2.22. The van der Waals surface area contributed by atoms with Gasteiger partial charge < -0.3 is 0 Å². The summed E-state index contributed by atoms with van der Waals surface area (Å²) in [5.74, 6) is 0. The molecule has 0 saturated heterocycles. The Kier molecular flexibility index (Phi) is 2.83. The van der Waals surface area contributed by atoms with Gasteiger partial charge in [-0.25, -0.2) is 0 Å². The lowest BCUT2D eigenvalue weighted by Crippen LogP contribution is -1.87. The third kappa shape index (κ3) is 1.83. The fraction of sp³-hybridized carbons (Fsp3) is 0. The van der Waals surface area contributed by atoms with Crippen LogP contribution in [0.4, 0.5) is 0 Å². The summed E-state index contributed by atoms with van der Waals surface area (Å²) in [7, 11) is 0. The molecule has 0 spiro atoms. The van der Waals surface area contributed by atoms with Gasteiger partial charge in [-0.1, -0.05) is 97.1 Å². The largest absolute Gasteiger partial charge is 0.0616 e. The molecule has 0 unspecified atom stereocenters. The maximum absolute atomic E-state index is 2.48. The summed E-state index contributed by atoms with van der Waals surface area (Å²) in [6, 6.07) is 41.3. The van der Waals surface area contributed by atoms with Crippen LogP contribution in [0.1, 0.15) is 0 Å². The standard InChI is InChI=1S/C36H18/c1-3-7-24-22(5-1)23-6-2-4-8-25(23)29-18-31-27-16-14-21-12-10-19-9-11-20-13-15-26(30(31)17-28(24)29)35-33(20)32(19)34(21)36(27)35/h1-18H. The number of hydrogen-bond acceptors (Lipinski definition) is 0. The molecular formula is C36H18. The third-order valence-corrected chi connectivity index (χ3v) is 8.86. The van der Waals surface area contributed by atoms with E-state index in [1.807, 2.05) is 0 Å². The smallest absolute Gasteiger partial charge is 0.000740 e. The summed E-state index contributed by atoms with van der Waals surface area (Å²) in [4.78, 5) is 0. The molecule has 10 aromatic rings. The van der Waals surface area contributed by atoms with Gasteiger partial charge in [-0.15, -0.1) is 0 Å². The topological polar surface area (TPSA) is 0 Å². The van der Waals surface area contributed by atoms with Crippen molar-refractivity contribution in [2.24, 2.45) is 0 Å². The minimum Gasteiger partial charge on any atom is -0.0616 e. The number of benzene rings is 9. The molecule has 0 fully saturated rings. The van der Waals surface area contributed by atoms with E-state index in [0.29, 0.717) is 0 Å². The molecule has 0 heterocycles. The van der Waals surface area contributed by atoms with Gasteiger partial charge in [0.25, 0.3) is 0 Å². The molecule has 0 N–H and O–H groups in total. The van der Waals surface area contributed by atoms with Crippen LogP contribution in [0.2, 0.25) is 0 Å². The Morgan fingerprint density at radius 3 is 0.944 bits per heavy atom. The van der Waals surface area contributed by atoms with Crippen molar-refractivity contribution in [3.63, 3.8) is 0 Å². The Morgan fingerprint density at radius 2 is 0.528 bits per heavy atom. The lowest BCUT2D eigenvalue weighted by Gasteiger charge is -2.15. The van der Waals surface area contributed by atoms with Crippen molar-refractivity contribution >= 4 is 97.0 Å². The Balaban J connectivity index is 1.58. The van der Waals surface area contributed by atoms with Crippen LogP contribution in [-0.2, 0) is 0 Å². The van der Waals surface area contributed by atoms with Crippen molar-refractivity contribution < 1.29 is 0 Å². The molecular weight excluding hydrogens is 432 g/mol. The minimum absolute atomic E-state index is 1.33. The molecule has 10 aromatic carbocycles. The Bertz CT molecular complexity index is 2340. The third-order valence-electron chi connectivity index (χ3n) is 8.86. The van der Waals surface area contributed by atoms with Crippen molar-refractivity contribution in [1.29, 1.82) is 0 Å². The first-order chi connectivity index (χ1) is 17.9. The van der Waals surface area contributed by atoms with E-state index in [2.05, 4.69) is 109 Å². The molecule has 10 rings (SSSR count). The molecule has 0 bridgehead atoms. The van der Waals surface area contributed by atoms with E-state index < -0.39 is 0 Å². The zero-order valence-electron chi connectivity index (χ0n) is 19.4. The quantitative estimate of drug-likeness (QED) is 0.159. The molecule has 0 aliphatic carbocycles. The fourth-order valence-corrected chi connectivity index (χ4v) is 7.41. The molecule has 36 heavy (non-hydrogen) atoms. The Morgan fingerprint density at radius 1 is 0.222 bits per heavy atom. The first kappa shape index (κ1) is 17.7. The molecule has 162 valence electrons. The predicted molar refractivity (Wildman–Crippen MR) is 158 cm³/mol. The average Bonchev–Trinajstić information content (AvgIpc) is 3.31. The van der Waals surface area contributed by atoms with Gasteiger partial charge in [0.1, 0.15) is 0 Å². The maximum Gasteiger partial charge on any atom is -0.000740 e. The van der Waals surface area contributed by atoms with E-state index in [1.54, 1.807) is 0 Å². The summed E-state index contributed by atoms with van der Waals surface area (Å²) in [6.45, 7) is 0. The van der Waals surface area contributed by atoms with Crippen molar-refractivity contribution in [2.75, 3.05) is 0 Å². The van der Waals surface area contributed by atoms with Gasteiger partial charge in [-0.3, -0.25) is 0 Å². The zero-order chi connectivity index (χ0) is 23.1. The van der Waals surface area contributed by atoms with Gasteiger partial charge in [0.2, 0.25) is 0 Å². The molecule has 0 amide bonds. The molecule has 0 nitrogen and oxygen atoms in total. The Hall–Kier alpha value is -4.68. The summed E-state index contributed by atoms with van der Waals surface area (Å²) in [5.41, 5.74) is 0. The van der Waals surface area contributed by atoms with Crippen molar-refractivity contribution in [2.45, 2.75) is 0 Å². The van der Waals surface area contributed by atoms with E-state index in [9.17, 15) is 0 Å². The fourth-order valence-electron chi connectivity index (χ4n) is 7.41. The van der Waals surface area contributed by atoms with Crippen LogP contribution < -0.4 is 0 Å². The van der Waals surface area contributed by atoms with E-state index in [0.717, 1.165) is 0 Å². The molecule has 0 saturated carbocycles. The normalized spacial score (nSPS) is 13.0. The van der Waals surface area contributed by atoms with Crippen molar-refractivity contribution in [1.82, 2.24) is 0 Å². The number of rotatable bonds is 0. The lowest BCUT2D eigenvalue weighted by molar-refractivity contribution is 1.79. The SMILES string of the molecule is c1ccc2c(c1)c1ccccc1c1cc3c(cc21)c1ccc2ccc4ccc5ccc3c3c5c4c2c13.